The van der Waals surface area contributed by atoms with E-state index in [0.717, 1.165) is 18.9 Å². The number of amides is 1. The van der Waals surface area contributed by atoms with Crippen molar-refractivity contribution in [1.29, 1.82) is 0 Å². The highest BCUT2D eigenvalue weighted by Crippen LogP contribution is 2.53. The van der Waals surface area contributed by atoms with Gasteiger partial charge in [-0.05, 0) is 13.5 Å². The van der Waals surface area contributed by atoms with Gasteiger partial charge in [-0.3, -0.25) is 14.8 Å². The van der Waals surface area contributed by atoms with Crippen LogP contribution in [-0.4, -0.2) is 52.0 Å². The zero-order valence-electron chi connectivity index (χ0n) is 12.7. The van der Waals surface area contributed by atoms with Gasteiger partial charge in [0.1, 0.15) is 17.2 Å². The normalized spacial score (nSPS) is 21.1. The van der Waals surface area contributed by atoms with Crippen LogP contribution in [0, 0.1) is 5.41 Å². The van der Waals surface area contributed by atoms with Gasteiger partial charge in [0.2, 0.25) is 0 Å². The smallest absolute Gasteiger partial charge is 0.269 e. The predicted molar refractivity (Wildman–Crippen MR) is 83.7 cm³/mol. The molecule has 0 aromatic carbocycles. The Hall–Kier alpha value is -2.61. The van der Waals surface area contributed by atoms with Crippen molar-refractivity contribution in [1.82, 2.24) is 25.3 Å². The maximum absolute atomic E-state index is 11.6. The summed E-state index contributed by atoms with van der Waals surface area (Å²) in [5.74, 6) is 0.116. The third kappa shape index (κ3) is 2.22. The largest absolute Gasteiger partial charge is 0.364 e. The van der Waals surface area contributed by atoms with Gasteiger partial charge in [-0.1, -0.05) is 0 Å². The van der Waals surface area contributed by atoms with Crippen LogP contribution >= 0.6 is 0 Å². The molecule has 8 heteroatoms. The topological polar surface area (TPSA) is 110 Å². The summed E-state index contributed by atoms with van der Waals surface area (Å²) in [6.07, 6.45) is 7.47. The van der Waals surface area contributed by atoms with Crippen LogP contribution in [0.4, 0.5) is 5.82 Å². The van der Waals surface area contributed by atoms with Crippen molar-refractivity contribution in [3.05, 3.63) is 30.5 Å². The van der Waals surface area contributed by atoms with Crippen LogP contribution in [0.5, 0.6) is 0 Å². The van der Waals surface area contributed by atoms with E-state index in [9.17, 15) is 4.79 Å². The quantitative estimate of drug-likeness (QED) is 0.806. The van der Waals surface area contributed by atoms with Crippen LogP contribution in [0.1, 0.15) is 16.9 Å². The van der Waals surface area contributed by atoms with Crippen molar-refractivity contribution in [2.24, 2.45) is 11.1 Å². The Labute approximate surface area is 133 Å². The average Bonchev–Trinajstić information content (AvgIpc) is 3.28. The van der Waals surface area contributed by atoms with Crippen molar-refractivity contribution in [3.8, 4) is 11.4 Å². The van der Waals surface area contributed by atoms with Crippen molar-refractivity contribution in [3.63, 3.8) is 0 Å². The maximum Gasteiger partial charge on any atom is 0.269 e. The third-order valence-electron chi connectivity index (χ3n) is 4.67. The molecule has 1 amide bonds. The molecule has 2 fully saturated rings. The molecule has 2 aromatic rings. The lowest BCUT2D eigenvalue weighted by molar-refractivity contribution is 0.0996. The summed E-state index contributed by atoms with van der Waals surface area (Å²) in [6, 6.07) is 0.594. The number of carbonyl (C=O) groups is 1. The summed E-state index contributed by atoms with van der Waals surface area (Å²) in [5, 5.41) is 3.32. The number of carbonyl (C=O) groups excluding carboxylic acids is 1. The summed E-state index contributed by atoms with van der Waals surface area (Å²) in [6.45, 7) is 1.89. The molecule has 2 aromatic heterocycles. The number of hydrogen-bond acceptors (Lipinski definition) is 7. The highest BCUT2D eigenvalue weighted by atomic mass is 16.1. The first-order chi connectivity index (χ1) is 11.1. The Balaban J connectivity index is 1.64. The molecular weight excluding hydrogens is 294 g/mol. The van der Waals surface area contributed by atoms with Crippen molar-refractivity contribution >= 4 is 11.7 Å². The van der Waals surface area contributed by atoms with Gasteiger partial charge in [0.25, 0.3) is 5.91 Å². The fourth-order valence-corrected chi connectivity index (χ4v) is 3.29. The van der Waals surface area contributed by atoms with E-state index in [-0.39, 0.29) is 5.69 Å². The molecule has 3 heterocycles. The number of nitrogens with zero attached hydrogens (tertiary/aromatic N) is 5. The number of anilines is 1. The van der Waals surface area contributed by atoms with E-state index < -0.39 is 5.91 Å². The van der Waals surface area contributed by atoms with E-state index in [1.165, 1.54) is 6.42 Å². The zero-order valence-corrected chi connectivity index (χ0v) is 12.7. The van der Waals surface area contributed by atoms with E-state index >= 15 is 0 Å². The molecule has 8 nitrogen and oxygen atoms in total. The van der Waals surface area contributed by atoms with Gasteiger partial charge in [0.15, 0.2) is 5.69 Å². The molecule has 1 aliphatic carbocycles. The van der Waals surface area contributed by atoms with Gasteiger partial charge in [0, 0.05) is 36.9 Å². The van der Waals surface area contributed by atoms with Crippen molar-refractivity contribution < 1.29 is 4.79 Å². The Morgan fingerprint density at radius 2 is 2.17 bits per heavy atom. The molecule has 3 N–H and O–H groups in total. The molecule has 4 rings (SSSR count). The molecule has 1 saturated carbocycles. The third-order valence-corrected chi connectivity index (χ3v) is 4.67. The molecule has 1 atom stereocenters. The molecule has 118 valence electrons. The second-order valence-corrected chi connectivity index (χ2v) is 6.14. The highest BCUT2D eigenvalue weighted by Gasteiger charge is 2.61. The van der Waals surface area contributed by atoms with E-state index in [2.05, 4.69) is 30.2 Å². The lowest BCUT2D eigenvalue weighted by atomic mass is 9.96. The molecule has 0 radical (unpaired) electrons. The van der Waals surface area contributed by atoms with Gasteiger partial charge in [0.05, 0.1) is 12.4 Å². The first kappa shape index (κ1) is 14.0. The van der Waals surface area contributed by atoms with Gasteiger partial charge >= 0.3 is 0 Å². The number of primary amides is 1. The predicted octanol–water partition coefficient (Wildman–Crippen LogP) is -0.169. The molecule has 1 saturated heterocycles. The lowest BCUT2D eigenvalue weighted by Gasteiger charge is -2.41. The molecule has 1 aliphatic heterocycles. The minimum absolute atomic E-state index is 0.115. The van der Waals surface area contributed by atoms with Crippen LogP contribution in [0.3, 0.4) is 0 Å². The summed E-state index contributed by atoms with van der Waals surface area (Å²) in [7, 11) is 2.00. The molecule has 1 spiro atoms. The molecule has 1 unspecified atom stereocenters. The Kier molecular flexibility index (Phi) is 3.02. The number of nitrogens with one attached hydrogen (secondary N) is 1. The summed E-state index contributed by atoms with van der Waals surface area (Å²) < 4.78 is 0. The Morgan fingerprint density at radius 3 is 2.78 bits per heavy atom. The number of hydrogen-bond donors (Lipinski definition) is 2. The van der Waals surface area contributed by atoms with E-state index in [0.29, 0.717) is 22.8 Å². The van der Waals surface area contributed by atoms with Gasteiger partial charge < -0.3 is 16.0 Å². The number of nitrogens with two attached hydrogens (primary N) is 1. The molecular formula is C15H17N7O. The minimum Gasteiger partial charge on any atom is -0.364 e. The zero-order chi connectivity index (χ0) is 16.0. The van der Waals surface area contributed by atoms with Gasteiger partial charge in [-0.2, -0.15) is 0 Å². The monoisotopic (exact) mass is 311 g/mol. The maximum atomic E-state index is 11.6. The first-order valence-electron chi connectivity index (χ1n) is 7.48. The Bertz CT molecular complexity index is 758. The summed E-state index contributed by atoms with van der Waals surface area (Å²) >= 11 is 0. The highest BCUT2D eigenvalue weighted by molar-refractivity contribution is 5.96. The first-order valence-corrected chi connectivity index (χ1v) is 7.48. The van der Waals surface area contributed by atoms with Crippen molar-refractivity contribution in [2.75, 3.05) is 25.0 Å². The van der Waals surface area contributed by atoms with Crippen LogP contribution < -0.4 is 16.0 Å². The fraction of sp³-hybridized carbons (Fsp3) is 0.400. The van der Waals surface area contributed by atoms with E-state index in [1.54, 1.807) is 24.8 Å². The Morgan fingerprint density at radius 1 is 1.35 bits per heavy atom. The SMILES string of the molecule is CNC1CC12CN(c1cnc(C(N)=O)c(-c3cnccn3)n1)C2. The summed E-state index contributed by atoms with van der Waals surface area (Å²) in [4.78, 5) is 30.8. The van der Waals surface area contributed by atoms with Crippen LogP contribution in [0.25, 0.3) is 11.4 Å². The van der Waals surface area contributed by atoms with Crippen molar-refractivity contribution in [2.45, 2.75) is 12.5 Å². The molecule has 2 aliphatic rings. The number of aromatic nitrogens is 4. The fourth-order valence-electron chi connectivity index (χ4n) is 3.29. The van der Waals surface area contributed by atoms with Gasteiger partial charge in [-0.15, -0.1) is 0 Å². The standard InChI is InChI=1S/C15H17N7O/c1-17-10-4-15(10)7-22(8-15)11-6-20-13(14(16)23)12(21-11)9-5-18-2-3-19-9/h2-3,5-6,10,17H,4,7-8H2,1H3,(H2,16,23). The van der Waals surface area contributed by atoms with Crippen LogP contribution in [0.2, 0.25) is 0 Å². The minimum atomic E-state index is -0.623. The lowest BCUT2D eigenvalue weighted by Crippen LogP contribution is -2.52. The van der Waals surface area contributed by atoms with Crippen LogP contribution in [-0.2, 0) is 0 Å². The van der Waals surface area contributed by atoms with E-state index in [1.807, 2.05) is 7.05 Å². The van der Waals surface area contributed by atoms with Gasteiger partial charge in [-0.25, -0.2) is 9.97 Å². The van der Waals surface area contributed by atoms with E-state index in [4.69, 9.17) is 5.73 Å². The summed E-state index contributed by atoms with van der Waals surface area (Å²) in [5.41, 5.74) is 6.77. The van der Waals surface area contributed by atoms with Crippen LogP contribution in [0.15, 0.2) is 24.8 Å². The number of rotatable bonds is 4. The second kappa shape index (κ2) is 4.95. The average molecular weight is 311 g/mol. The molecule has 0 bridgehead atoms. The second-order valence-electron chi connectivity index (χ2n) is 6.14. The molecule has 23 heavy (non-hydrogen) atoms.